The lowest BCUT2D eigenvalue weighted by Gasteiger charge is -2.20. The summed E-state index contributed by atoms with van der Waals surface area (Å²) in [5.74, 6) is -2.28. The van der Waals surface area contributed by atoms with Crippen LogP contribution in [0, 0.1) is 11.6 Å². The number of halogens is 2. The van der Waals surface area contributed by atoms with E-state index in [4.69, 9.17) is 5.73 Å². The second kappa shape index (κ2) is 8.23. The van der Waals surface area contributed by atoms with Crippen LogP contribution in [0.3, 0.4) is 0 Å². The number of benzene rings is 2. The van der Waals surface area contributed by atoms with Crippen molar-refractivity contribution in [2.75, 3.05) is 0 Å². The molecule has 2 aromatic rings. The summed E-state index contributed by atoms with van der Waals surface area (Å²) in [6.07, 6.45) is -0.0407. The van der Waals surface area contributed by atoms with Crippen molar-refractivity contribution >= 4 is 11.9 Å². The highest BCUT2D eigenvalue weighted by atomic mass is 19.2. The van der Waals surface area contributed by atoms with E-state index >= 15 is 0 Å². The van der Waals surface area contributed by atoms with Crippen LogP contribution < -0.4 is 16.4 Å². The molecule has 0 aliphatic rings. The normalized spacial score (nSPS) is 12.9. The number of nitrogens with two attached hydrogens (primary N) is 1. The Hall–Kier alpha value is -2.96. The van der Waals surface area contributed by atoms with E-state index in [1.165, 1.54) is 6.07 Å². The molecule has 0 aliphatic heterocycles. The molecule has 0 saturated carbocycles. The molecule has 0 heterocycles. The van der Waals surface area contributed by atoms with Gasteiger partial charge in [0.25, 0.3) is 0 Å². The zero-order chi connectivity index (χ0) is 18.4. The molecule has 5 nitrogen and oxygen atoms in total. The Morgan fingerprint density at radius 3 is 2.28 bits per heavy atom. The van der Waals surface area contributed by atoms with Crippen LogP contribution in [0.4, 0.5) is 13.6 Å². The Bertz CT molecular complexity index is 753. The Morgan fingerprint density at radius 2 is 1.68 bits per heavy atom. The van der Waals surface area contributed by atoms with Crippen molar-refractivity contribution in [1.82, 2.24) is 10.6 Å². The molecule has 0 bridgehead atoms. The molecule has 0 saturated heterocycles. The number of hydrogen-bond donors (Lipinski definition) is 3. The summed E-state index contributed by atoms with van der Waals surface area (Å²) in [4.78, 5) is 23.5. The molecule has 0 aromatic heterocycles. The smallest absolute Gasteiger partial charge is 0.312 e. The molecule has 3 amide bonds. The maximum Gasteiger partial charge on any atom is 0.312 e. The average molecular weight is 347 g/mol. The van der Waals surface area contributed by atoms with Crippen molar-refractivity contribution in [3.05, 3.63) is 71.3 Å². The molecule has 2 aromatic carbocycles. The molecular formula is C18H19F2N3O2. The second-order valence-corrected chi connectivity index (χ2v) is 5.64. The summed E-state index contributed by atoms with van der Waals surface area (Å²) in [6.45, 7) is 1.66. The van der Waals surface area contributed by atoms with Crippen LogP contribution in [-0.2, 0) is 4.79 Å². The monoisotopic (exact) mass is 347 g/mol. The Kier molecular flexibility index (Phi) is 6.05. The van der Waals surface area contributed by atoms with Crippen LogP contribution in [0.25, 0.3) is 0 Å². The number of hydrogen-bond acceptors (Lipinski definition) is 2. The van der Waals surface area contributed by atoms with Gasteiger partial charge in [-0.2, -0.15) is 0 Å². The molecule has 4 N–H and O–H groups in total. The topological polar surface area (TPSA) is 84.2 Å². The van der Waals surface area contributed by atoms with Crippen LogP contribution in [0.15, 0.2) is 48.5 Å². The molecule has 7 heteroatoms. The minimum Gasteiger partial charge on any atom is -0.352 e. The molecule has 0 fully saturated rings. The molecule has 132 valence electrons. The first-order valence-corrected chi connectivity index (χ1v) is 7.72. The molecule has 0 spiro atoms. The highest BCUT2D eigenvalue weighted by Gasteiger charge is 2.19. The van der Waals surface area contributed by atoms with E-state index in [0.717, 1.165) is 17.7 Å². The zero-order valence-electron chi connectivity index (χ0n) is 13.6. The first-order chi connectivity index (χ1) is 11.9. The van der Waals surface area contributed by atoms with E-state index in [0.29, 0.717) is 5.56 Å². The van der Waals surface area contributed by atoms with Crippen LogP contribution in [-0.4, -0.2) is 11.9 Å². The fourth-order valence-corrected chi connectivity index (χ4v) is 2.46. The van der Waals surface area contributed by atoms with Crippen molar-refractivity contribution in [2.24, 2.45) is 5.73 Å². The van der Waals surface area contributed by atoms with Crippen LogP contribution in [0.1, 0.15) is 36.6 Å². The fourth-order valence-electron chi connectivity index (χ4n) is 2.46. The predicted octanol–water partition coefficient (Wildman–Crippen LogP) is 2.94. The van der Waals surface area contributed by atoms with Gasteiger partial charge in [0.1, 0.15) is 0 Å². The molecule has 25 heavy (non-hydrogen) atoms. The van der Waals surface area contributed by atoms with E-state index in [9.17, 15) is 18.4 Å². The minimum absolute atomic E-state index is 0.0407. The summed E-state index contributed by atoms with van der Waals surface area (Å²) in [7, 11) is 0. The van der Waals surface area contributed by atoms with Crippen LogP contribution in [0.5, 0.6) is 0 Å². The van der Waals surface area contributed by atoms with Crippen LogP contribution >= 0.6 is 0 Å². The largest absolute Gasteiger partial charge is 0.352 e. The van der Waals surface area contributed by atoms with Gasteiger partial charge >= 0.3 is 6.03 Å². The molecule has 2 rings (SSSR count). The summed E-state index contributed by atoms with van der Waals surface area (Å²) >= 11 is 0. The first-order valence-electron chi connectivity index (χ1n) is 7.72. The summed E-state index contributed by atoms with van der Waals surface area (Å²) in [6, 6.07) is 10.5. The number of nitrogens with one attached hydrogen (secondary N) is 2. The number of carbonyl (C=O) groups excluding carboxylic acids is 2. The van der Waals surface area contributed by atoms with Gasteiger partial charge in [-0.25, -0.2) is 13.6 Å². The summed E-state index contributed by atoms with van der Waals surface area (Å²) in [5, 5.41) is 5.22. The van der Waals surface area contributed by atoms with Crippen molar-refractivity contribution in [2.45, 2.75) is 25.4 Å². The lowest BCUT2D eigenvalue weighted by molar-refractivity contribution is -0.122. The lowest BCUT2D eigenvalue weighted by atomic mass is 10.0. The minimum atomic E-state index is -0.976. The quantitative estimate of drug-likeness (QED) is 0.751. The highest BCUT2D eigenvalue weighted by Crippen LogP contribution is 2.19. The standard InChI is InChI=1S/C18H19F2N3O2/c1-11(13-7-8-14(19)15(20)9-13)22-17(24)10-16(23-18(21)25)12-5-3-2-4-6-12/h2-9,11,16H,10H2,1H3,(H,22,24)(H3,21,23,25)/t11-,16-/m0/s1. The third-order valence-electron chi connectivity index (χ3n) is 3.73. The van der Waals surface area contributed by atoms with Gasteiger partial charge in [-0.15, -0.1) is 0 Å². The Morgan fingerprint density at radius 1 is 1.00 bits per heavy atom. The lowest BCUT2D eigenvalue weighted by Crippen LogP contribution is -2.37. The number of carbonyl (C=O) groups is 2. The Labute approximate surface area is 144 Å². The maximum absolute atomic E-state index is 13.3. The van der Waals surface area contributed by atoms with E-state index in [1.54, 1.807) is 31.2 Å². The first kappa shape index (κ1) is 18.4. The van der Waals surface area contributed by atoms with E-state index < -0.39 is 29.7 Å². The van der Waals surface area contributed by atoms with Crippen molar-refractivity contribution < 1.29 is 18.4 Å². The van der Waals surface area contributed by atoms with Crippen molar-refractivity contribution in [3.8, 4) is 0 Å². The van der Waals surface area contributed by atoms with E-state index in [1.807, 2.05) is 6.07 Å². The van der Waals surface area contributed by atoms with Gasteiger partial charge in [-0.3, -0.25) is 4.79 Å². The Balaban J connectivity index is 2.05. The van der Waals surface area contributed by atoms with E-state index in [-0.39, 0.29) is 12.3 Å². The number of amides is 3. The molecule has 2 atom stereocenters. The van der Waals surface area contributed by atoms with Gasteiger partial charge in [0.15, 0.2) is 11.6 Å². The average Bonchev–Trinajstić information content (AvgIpc) is 2.57. The number of primary amides is 1. The van der Waals surface area contributed by atoms with Gasteiger partial charge in [-0.1, -0.05) is 36.4 Å². The molecule has 0 unspecified atom stereocenters. The highest BCUT2D eigenvalue weighted by molar-refractivity contribution is 5.79. The maximum atomic E-state index is 13.3. The predicted molar refractivity (Wildman–Crippen MR) is 89.4 cm³/mol. The van der Waals surface area contributed by atoms with Crippen LogP contribution in [0.2, 0.25) is 0 Å². The van der Waals surface area contributed by atoms with E-state index in [2.05, 4.69) is 10.6 Å². The van der Waals surface area contributed by atoms with Gasteiger partial charge in [0, 0.05) is 0 Å². The number of urea groups is 1. The molecule has 0 aliphatic carbocycles. The summed E-state index contributed by atoms with van der Waals surface area (Å²) in [5.41, 5.74) is 6.34. The van der Waals surface area contributed by atoms with Crippen molar-refractivity contribution in [1.29, 1.82) is 0 Å². The van der Waals surface area contributed by atoms with Gasteiger partial charge in [0.2, 0.25) is 5.91 Å². The van der Waals surface area contributed by atoms with Gasteiger partial charge in [0.05, 0.1) is 18.5 Å². The van der Waals surface area contributed by atoms with Crippen molar-refractivity contribution in [3.63, 3.8) is 0 Å². The fraction of sp³-hybridized carbons (Fsp3) is 0.222. The number of rotatable bonds is 6. The summed E-state index contributed by atoms with van der Waals surface area (Å²) < 4.78 is 26.3. The molecular weight excluding hydrogens is 328 g/mol. The third kappa shape index (κ3) is 5.27. The second-order valence-electron chi connectivity index (χ2n) is 5.64. The molecule has 0 radical (unpaired) electrons. The zero-order valence-corrected chi connectivity index (χ0v) is 13.6. The third-order valence-corrected chi connectivity index (χ3v) is 3.73. The van der Waals surface area contributed by atoms with Gasteiger partial charge < -0.3 is 16.4 Å². The van der Waals surface area contributed by atoms with Gasteiger partial charge in [-0.05, 0) is 30.2 Å². The SMILES string of the molecule is C[C@H](NC(=O)C[C@H](NC(N)=O)c1ccccc1)c1ccc(F)c(F)c1.